The van der Waals surface area contributed by atoms with Crippen molar-refractivity contribution in [3.05, 3.63) is 28.3 Å². The van der Waals surface area contributed by atoms with Crippen molar-refractivity contribution >= 4 is 11.4 Å². The Hall–Kier alpha value is -1.86. The summed E-state index contributed by atoms with van der Waals surface area (Å²) in [6.45, 7) is 5.33. The Morgan fingerprint density at radius 2 is 2.13 bits per heavy atom. The van der Waals surface area contributed by atoms with E-state index in [1.54, 1.807) is 6.07 Å². The van der Waals surface area contributed by atoms with E-state index >= 15 is 0 Å². The van der Waals surface area contributed by atoms with Gasteiger partial charge in [-0.2, -0.15) is 0 Å². The predicted molar refractivity (Wildman–Crippen MR) is 89.2 cm³/mol. The first-order valence-corrected chi connectivity index (χ1v) is 8.04. The number of aliphatic hydroxyl groups excluding tert-OH is 1. The van der Waals surface area contributed by atoms with Crippen LogP contribution in [0.2, 0.25) is 0 Å². The SMILES string of the molecule is CCN(C)CC(O)COc1cc([N+](=O)[O-])ccc1N1CCCC1. The maximum absolute atomic E-state index is 11.0. The molecule has 128 valence electrons. The van der Waals surface area contributed by atoms with Crippen LogP contribution in [0, 0.1) is 10.1 Å². The molecule has 1 heterocycles. The van der Waals surface area contributed by atoms with E-state index in [0.717, 1.165) is 38.2 Å². The first-order valence-electron chi connectivity index (χ1n) is 8.04. The monoisotopic (exact) mass is 323 g/mol. The molecule has 1 aliphatic heterocycles. The quantitative estimate of drug-likeness (QED) is 0.581. The molecule has 2 rings (SSSR count). The highest BCUT2D eigenvalue weighted by Crippen LogP contribution is 2.34. The molecule has 1 aromatic carbocycles. The van der Waals surface area contributed by atoms with Gasteiger partial charge in [0.25, 0.3) is 5.69 Å². The van der Waals surface area contributed by atoms with E-state index in [1.165, 1.54) is 12.1 Å². The number of nitro groups is 1. The predicted octanol–water partition coefficient (Wildman–Crippen LogP) is 1.89. The lowest BCUT2D eigenvalue weighted by molar-refractivity contribution is -0.384. The number of hydrogen-bond donors (Lipinski definition) is 1. The first-order chi connectivity index (χ1) is 11.0. The van der Waals surface area contributed by atoms with E-state index in [0.29, 0.717) is 12.3 Å². The van der Waals surface area contributed by atoms with Crippen LogP contribution in [0.15, 0.2) is 18.2 Å². The Balaban J connectivity index is 2.10. The number of rotatable bonds is 8. The molecular formula is C16H25N3O4. The molecule has 7 nitrogen and oxygen atoms in total. The molecule has 1 N–H and O–H groups in total. The fourth-order valence-electron chi connectivity index (χ4n) is 2.68. The molecule has 0 amide bonds. The molecule has 0 aliphatic carbocycles. The van der Waals surface area contributed by atoms with Crippen molar-refractivity contribution in [2.75, 3.05) is 44.7 Å². The molecule has 0 radical (unpaired) electrons. The van der Waals surface area contributed by atoms with Crippen molar-refractivity contribution in [2.45, 2.75) is 25.9 Å². The molecule has 7 heteroatoms. The third kappa shape index (κ3) is 4.80. The van der Waals surface area contributed by atoms with E-state index < -0.39 is 11.0 Å². The molecule has 1 saturated heterocycles. The average molecular weight is 323 g/mol. The number of likely N-dealkylation sites (N-methyl/N-ethyl adjacent to an activating group) is 1. The van der Waals surface area contributed by atoms with Crippen LogP contribution >= 0.6 is 0 Å². The minimum absolute atomic E-state index is 0.00288. The third-order valence-corrected chi connectivity index (χ3v) is 4.09. The van der Waals surface area contributed by atoms with Gasteiger partial charge in [0.1, 0.15) is 18.5 Å². The summed E-state index contributed by atoms with van der Waals surface area (Å²) in [5.74, 6) is 0.472. The largest absolute Gasteiger partial charge is 0.488 e. The minimum atomic E-state index is -0.634. The summed E-state index contributed by atoms with van der Waals surface area (Å²) in [5.41, 5.74) is 0.868. The maximum atomic E-state index is 11.0. The van der Waals surface area contributed by atoms with Crippen LogP contribution in [-0.4, -0.2) is 60.9 Å². The molecule has 1 unspecified atom stereocenters. The molecule has 1 atom stereocenters. The molecule has 23 heavy (non-hydrogen) atoms. The van der Waals surface area contributed by atoms with Gasteiger partial charge >= 0.3 is 0 Å². The van der Waals surface area contributed by atoms with Crippen LogP contribution < -0.4 is 9.64 Å². The Morgan fingerprint density at radius 1 is 1.43 bits per heavy atom. The van der Waals surface area contributed by atoms with Gasteiger partial charge in [-0.15, -0.1) is 0 Å². The van der Waals surface area contributed by atoms with Crippen LogP contribution in [0.25, 0.3) is 0 Å². The number of non-ortho nitro benzene ring substituents is 1. The van der Waals surface area contributed by atoms with Gasteiger partial charge < -0.3 is 19.6 Å². The summed E-state index contributed by atoms with van der Waals surface area (Å²) in [7, 11) is 1.92. The lowest BCUT2D eigenvalue weighted by Crippen LogP contribution is -2.33. The number of ether oxygens (including phenoxy) is 1. The van der Waals surface area contributed by atoms with Gasteiger partial charge in [-0.1, -0.05) is 6.92 Å². The molecular weight excluding hydrogens is 298 g/mol. The normalized spacial score (nSPS) is 15.9. The molecule has 0 saturated carbocycles. The Morgan fingerprint density at radius 3 is 2.74 bits per heavy atom. The highest BCUT2D eigenvalue weighted by atomic mass is 16.6. The van der Waals surface area contributed by atoms with Crippen LogP contribution in [0.1, 0.15) is 19.8 Å². The van der Waals surface area contributed by atoms with Crippen LogP contribution in [0.3, 0.4) is 0 Å². The summed E-state index contributed by atoms with van der Waals surface area (Å²) in [6.07, 6.45) is 1.59. The van der Waals surface area contributed by atoms with E-state index in [9.17, 15) is 15.2 Å². The molecule has 0 bridgehead atoms. The Bertz CT molecular complexity index is 532. The van der Waals surface area contributed by atoms with Crippen molar-refractivity contribution in [1.29, 1.82) is 0 Å². The zero-order chi connectivity index (χ0) is 16.8. The molecule has 1 aliphatic rings. The van der Waals surface area contributed by atoms with E-state index in [4.69, 9.17) is 4.74 Å². The van der Waals surface area contributed by atoms with E-state index in [1.807, 2.05) is 18.9 Å². The smallest absolute Gasteiger partial charge is 0.273 e. The van der Waals surface area contributed by atoms with Crippen LogP contribution in [0.5, 0.6) is 5.75 Å². The van der Waals surface area contributed by atoms with Crippen molar-refractivity contribution in [2.24, 2.45) is 0 Å². The molecule has 0 spiro atoms. The Kier molecular flexibility index (Phi) is 6.18. The zero-order valence-corrected chi connectivity index (χ0v) is 13.8. The van der Waals surface area contributed by atoms with Crippen LogP contribution in [-0.2, 0) is 0 Å². The molecule has 1 fully saturated rings. The maximum Gasteiger partial charge on any atom is 0.273 e. The lowest BCUT2D eigenvalue weighted by atomic mass is 10.2. The summed E-state index contributed by atoms with van der Waals surface area (Å²) in [4.78, 5) is 14.7. The van der Waals surface area contributed by atoms with Crippen molar-refractivity contribution < 1.29 is 14.8 Å². The summed E-state index contributed by atoms with van der Waals surface area (Å²) < 4.78 is 5.72. The molecule has 0 aromatic heterocycles. The standard InChI is InChI=1S/C16H25N3O4/c1-3-17(2)11-14(20)12-23-16-10-13(19(21)22)6-7-15(16)18-8-4-5-9-18/h6-7,10,14,20H,3-5,8-9,11-12H2,1-2H3. The zero-order valence-electron chi connectivity index (χ0n) is 13.8. The van der Waals surface area contributed by atoms with Gasteiger partial charge in [0, 0.05) is 25.7 Å². The van der Waals surface area contributed by atoms with Gasteiger partial charge in [0.05, 0.1) is 16.7 Å². The highest BCUT2D eigenvalue weighted by Gasteiger charge is 2.20. The van der Waals surface area contributed by atoms with Gasteiger partial charge in [-0.3, -0.25) is 10.1 Å². The van der Waals surface area contributed by atoms with Crippen LogP contribution in [0.4, 0.5) is 11.4 Å². The van der Waals surface area contributed by atoms with E-state index in [-0.39, 0.29) is 12.3 Å². The summed E-state index contributed by atoms with van der Waals surface area (Å²) >= 11 is 0. The van der Waals surface area contributed by atoms with Crippen molar-refractivity contribution in [3.63, 3.8) is 0 Å². The van der Waals surface area contributed by atoms with Crippen molar-refractivity contribution in [3.8, 4) is 5.75 Å². The Labute approximate surface area is 136 Å². The number of hydrogen-bond acceptors (Lipinski definition) is 6. The number of nitrogens with zero attached hydrogens (tertiary/aromatic N) is 3. The molecule has 1 aromatic rings. The van der Waals surface area contributed by atoms with E-state index in [2.05, 4.69) is 4.90 Å². The van der Waals surface area contributed by atoms with Gasteiger partial charge in [0.15, 0.2) is 0 Å². The van der Waals surface area contributed by atoms with Gasteiger partial charge in [-0.25, -0.2) is 0 Å². The number of nitro benzene ring substituents is 1. The first kappa shape index (κ1) is 17.5. The second-order valence-corrected chi connectivity index (χ2v) is 5.92. The summed E-state index contributed by atoms with van der Waals surface area (Å²) in [5, 5.41) is 21.0. The highest BCUT2D eigenvalue weighted by molar-refractivity contribution is 5.62. The average Bonchev–Trinajstić information content (AvgIpc) is 3.06. The topological polar surface area (TPSA) is 79.1 Å². The third-order valence-electron chi connectivity index (χ3n) is 4.09. The van der Waals surface area contributed by atoms with Gasteiger partial charge in [0.2, 0.25) is 0 Å². The second kappa shape index (κ2) is 8.12. The summed E-state index contributed by atoms with van der Waals surface area (Å²) in [6, 6.07) is 4.69. The number of anilines is 1. The lowest BCUT2D eigenvalue weighted by Gasteiger charge is -2.23. The fourth-order valence-corrected chi connectivity index (χ4v) is 2.68. The fraction of sp³-hybridized carbons (Fsp3) is 0.625. The van der Waals surface area contributed by atoms with Gasteiger partial charge in [-0.05, 0) is 32.5 Å². The number of aliphatic hydroxyl groups is 1. The van der Waals surface area contributed by atoms with Crippen molar-refractivity contribution in [1.82, 2.24) is 4.90 Å². The minimum Gasteiger partial charge on any atom is -0.488 e. The second-order valence-electron chi connectivity index (χ2n) is 5.92. The number of benzene rings is 1.